The summed E-state index contributed by atoms with van der Waals surface area (Å²) in [7, 11) is 0. The van der Waals surface area contributed by atoms with Gasteiger partial charge in [-0.05, 0) is 36.6 Å². The first kappa shape index (κ1) is 16.9. The van der Waals surface area contributed by atoms with Crippen LogP contribution in [0.4, 0.5) is 0 Å². The zero-order valence-electron chi connectivity index (χ0n) is 13.4. The van der Waals surface area contributed by atoms with Crippen LogP contribution in [-0.2, 0) is 6.42 Å². The third-order valence-electron chi connectivity index (χ3n) is 3.53. The second-order valence-corrected chi connectivity index (χ2v) is 7.14. The van der Waals surface area contributed by atoms with Crippen LogP contribution in [0.5, 0.6) is 0 Å². The zero-order chi connectivity index (χ0) is 16.8. The van der Waals surface area contributed by atoms with E-state index in [0.29, 0.717) is 0 Å². The molecule has 3 rings (SSSR count). The Labute approximate surface area is 154 Å². The van der Waals surface area contributed by atoms with E-state index in [4.69, 9.17) is 4.99 Å². The Balaban J connectivity index is 1.75. The minimum atomic E-state index is 0.762. The summed E-state index contributed by atoms with van der Waals surface area (Å²) in [6.45, 7) is 2.81. The Bertz CT molecular complexity index is 877. The van der Waals surface area contributed by atoms with E-state index in [-0.39, 0.29) is 0 Å². The molecular formula is C19H18BrN3S. The Morgan fingerprint density at radius 2 is 1.83 bits per heavy atom. The van der Waals surface area contributed by atoms with Crippen LogP contribution < -0.4 is 4.80 Å². The molecule has 0 radical (unpaired) electrons. The second-order valence-electron chi connectivity index (χ2n) is 5.38. The van der Waals surface area contributed by atoms with Crippen LogP contribution in [0, 0.1) is 6.92 Å². The number of rotatable bonds is 5. The molecule has 0 unspecified atom stereocenters. The van der Waals surface area contributed by atoms with Crippen molar-refractivity contribution in [3.8, 4) is 0 Å². The maximum Gasteiger partial charge on any atom is 0.205 e. The number of nitrogens with zero attached hydrogens (tertiary/aromatic N) is 3. The Morgan fingerprint density at radius 3 is 2.58 bits per heavy atom. The lowest BCUT2D eigenvalue weighted by molar-refractivity contribution is 0.783. The number of benzene rings is 2. The van der Waals surface area contributed by atoms with Crippen molar-refractivity contribution in [1.29, 1.82) is 0 Å². The molecule has 0 aliphatic rings. The molecule has 2 aromatic carbocycles. The van der Waals surface area contributed by atoms with Gasteiger partial charge >= 0.3 is 0 Å². The van der Waals surface area contributed by atoms with E-state index in [0.717, 1.165) is 33.5 Å². The summed E-state index contributed by atoms with van der Waals surface area (Å²) in [6, 6.07) is 18.5. The average molecular weight is 400 g/mol. The molecule has 0 amide bonds. The first-order chi connectivity index (χ1) is 11.7. The van der Waals surface area contributed by atoms with Crippen molar-refractivity contribution >= 4 is 33.5 Å². The topological polar surface area (TPSA) is 29.6 Å². The summed E-state index contributed by atoms with van der Waals surface area (Å²) >= 11 is 5.07. The number of halogens is 1. The van der Waals surface area contributed by atoms with Crippen LogP contribution in [0.25, 0.3) is 0 Å². The summed E-state index contributed by atoms with van der Waals surface area (Å²) in [4.78, 5) is 5.64. The van der Waals surface area contributed by atoms with Crippen LogP contribution in [0.1, 0.15) is 16.8 Å². The average Bonchev–Trinajstić information content (AvgIpc) is 2.95. The molecule has 0 atom stereocenters. The number of hydrogen-bond acceptors (Lipinski definition) is 3. The molecule has 0 fully saturated rings. The van der Waals surface area contributed by atoms with Gasteiger partial charge in [-0.2, -0.15) is 5.10 Å². The standard InChI is InChI=1S/C19H18BrN3S/c1-15-14-24-19(21-12-11-16-5-3-2-4-6-16)23(15)22-13-17-7-9-18(20)10-8-17/h2-10,13-14H,11-12H2,1H3. The normalized spacial score (nSPS) is 12.2. The molecule has 24 heavy (non-hydrogen) atoms. The van der Waals surface area contributed by atoms with E-state index in [1.54, 1.807) is 11.3 Å². The quantitative estimate of drug-likeness (QED) is 0.559. The van der Waals surface area contributed by atoms with Crippen molar-refractivity contribution in [2.24, 2.45) is 10.1 Å². The molecule has 0 aliphatic carbocycles. The number of aryl methyl sites for hydroxylation is 1. The van der Waals surface area contributed by atoms with Crippen LogP contribution in [0.15, 0.2) is 74.5 Å². The SMILES string of the molecule is Cc1csc(=NCCc2ccccc2)n1N=Cc1ccc(Br)cc1. The fraction of sp³-hybridized carbons (Fsp3) is 0.158. The fourth-order valence-corrected chi connectivity index (χ4v) is 3.33. The van der Waals surface area contributed by atoms with Crippen molar-refractivity contribution in [2.75, 3.05) is 6.54 Å². The molecule has 0 spiro atoms. The lowest BCUT2D eigenvalue weighted by Crippen LogP contribution is -2.13. The summed E-state index contributed by atoms with van der Waals surface area (Å²) in [5.41, 5.74) is 3.46. The molecule has 0 aliphatic heterocycles. The Hall–Kier alpha value is -1.98. The van der Waals surface area contributed by atoms with Gasteiger partial charge in [-0.1, -0.05) is 58.4 Å². The predicted octanol–water partition coefficient (Wildman–Crippen LogP) is 4.65. The van der Waals surface area contributed by atoms with Crippen LogP contribution in [0.2, 0.25) is 0 Å². The number of aromatic nitrogens is 1. The highest BCUT2D eigenvalue weighted by molar-refractivity contribution is 9.10. The molecule has 0 N–H and O–H groups in total. The van der Waals surface area contributed by atoms with Crippen molar-refractivity contribution in [3.63, 3.8) is 0 Å². The van der Waals surface area contributed by atoms with E-state index in [2.05, 4.69) is 50.7 Å². The lowest BCUT2D eigenvalue weighted by atomic mass is 10.2. The molecule has 0 saturated carbocycles. The second kappa shape index (κ2) is 8.22. The van der Waals surface area contributed by atoms with E-state index in [1.807, 2.05) is 48.1 Å². The Kier molecular flexibility index (Phi) is 5.77. The minimum Gasteiger partial charge on any atom is -0.257 e. The summed E-state index contributed by atoms with van der Waals surface area (Å²) in [6.07, 6.45) is 2.80. The maximum atomic E-state index is 4.71. The minimum absolute atomic E-state index is 0.762. The number of thiazole rings is 1. The van der Waals surface area contributed by atoms with Gasteiger partial charge in [-0.15, -0.1) is 11.3 Å². The van der Waals surface area contributed by atoms with Crippen molar-refractivity contribution in [2.45, 2.75) is 13.3 Å². The van der Waals surface area contributed by atoms with Crippen molar-refractivity contribution in [3.05, 3.63) is 86.1 Å². The van der Waals surface area contributed by atoms with Gasteiger partial charge in [0.25, 0.3) is 0 Å². The maximum absolute atomic E-state index is 4.71. The molecule has 122 valence electrons. The first-order valence-corrected chi connectivity index (χ1v) is 9.41. The van der Waals surface area contributed by atoms with E-state index < -0.39 is 0 Å². The van der Waals surface area contributed by atoms with Crippen LogP contribution in [0.3, 0.4) is 0 Å². The van der Waals surface area contributed by atoms with E-state index in [9.17, 15) is 0 Å². The Morgan fingerprint density at radius 1 is 1.08 bits per heavy atom. The highest BCUT2D eigenvalue weighted by atomic mass is 79.9. The van der Waals surface area contributed by atoms with Crippen molar-refractivity contribution < 1.29 is 0 Å². The summed E-state index contributed by atoms with van der Waals surface area (Å²) in [5, 5.41) is 6.67. The smallest absolute Gasteiger partial charge is 0.205 e. The first-order valence-electron chi connectivity index (χ1n) is 7.74. The van der Waals surface area contributed by atoms with E-state index >= 15 is 0 Å². The molecule has 0 saturated heterocycles. The van der Waals surface area contributed by atoms with Gasteiger partial charge in [0.05, 0.1) is 11.9 Å². The van der Waals surface area contributed by atoms with Crippen LogP contribution in [-0.4, -0.2) is 17.4 Å². The van der Waals surface area contributed by atoms with Gasteiger partial charge in [0, 0.05) is 16.4 Å². The highest BCUT2D eigenvalue weighted by Crippen LogP contribution is 2.09. The predicted molar refractivity (Wildman–Crippen MR) is 105 cm³/mol. The third kappa shape index (κ3) is 4.52. The van der Waals surface area contributed by atoms with Crippen molar-refractivity contribution in [1.82, 2.24) is 4.68 Å². The molecule has 1 heterocycles. The molecule has 3 aromatic rings. The van der Waals surface area contributed by atoms with Gasteiger partial charge in [0.1, 0.15) is 0 Å². The molecule has 3 nitrogen and oxygen atoms in total. The monoisotopic (exact) mass is 399 g/mol. The van der Waals surface area contributed by atoms with E-state index in [1.165, 1.54) is 5.56 Å². The van der Waals surface area contributed by atoms with Crippen LogP contribution >= 0.6 is 27.3 Å². The third-order valence-corrected chi connectivity index (χ3v) is 5.03. The highest BCUT2D eigenvalue weighted by Gasteiger charge is 1.99. The fourth-order valence-electron chi connectivity index (χ4n) is 2.23. The van der Waals surface area contributed by atoms with Gasteiger partial charge in [0.2, 0.25) is 4.80 Å². The van der Waals surface area contributed by atoms with Gasteiger partial charge < -0.3 is 0 Å². The molecule has 1 aromatic heterocycles. The van der Waals surface area contributed by atoms with Gasteiger partial charge in [-0.3, -0.25) is 4.99 Å². The molecule has 0 bridgehead atoms. The molecule has 5 heteroatoms. The van der Waals surface area contributed by atoms with Gasteiger partial charge in [0.15, 0.2) is 0 Å². The van der Waals surface area contributed by atoms with Gasteiger partial charge in [-0.25, -0.2) is 4.68 Å². The summed E-state index contributed by atoms with van der Waals surface area (Å²) < 4.78 is 2.97. The molecular weight excluding hydrogens is 382 g/mol. The largest absolute Gasteiger partial charge is 0.257 e. The summed E-state index contributed by atoms with van der Waals surface area (Å²) in [5.74, 6) is 0. The zero-order valence-corrected chi connectivity index (χ0v) is 15.8. The lowest BCUT2D eigenvalue weighted by Gasteiger charge is -1.99. The number of hydrogen-bond donors (Lipinski definition) is 0.